The molecule has 8 heteroatoms. The second kappa shape index (κ2) is 8.48. The predicted octanol–water partition coefficient (Wildman–Crippen LogP) is 3.27. The van der Waals surface area contributed by atoms with Crippen molar-refractivity contribution in [3.8, 4) is 5.75 Å². The maximum absolute atomic E-state index is 12.5. The standard InChI is InChI=1S/C19H21F2N3O3/c1-19(2,17(22)26)11-23-16(25)14-5-3-4-6-15(14)24-12-7-9-13(10-8-12)27-18(20)21/h3-10,18,24H,11H2,1-2H3,(H2,22,26)(H,23,25). The van der Waals surface area contributed by atoms with E-state index < -0.39 is 17.9 Å². The van der Waals surface area contributed by atoms with Crippen molar-refractivity contribution in [1.29, 1.82) is 0 Å². The molecule has 0 aliphatic carbocycles. The molecular formula is C19H21F2N3O3. The summed E-state index contributed by atoms with van der Waals surface area (Å²) in [5.41, 5.74) is 5.91. The van der Waals surface area contributed by atoms with Crippen LogP contribution < -0.4 is 21.1 Å². The first-order chi connectivity index (χ1) is 12.7. The van der Waals surface area contributed by atoms with Crippen LogP contribution in [0.3, 0.4) is 0 Å². The van der Waals surface area contributed by atoms with Crippen molar-refractivity contribution in [3.63, 3.8) is 0 Å². The second-order valence-electron chi connectivity index (χ2n) is 6.50. The zero-order valence-electron chi connectivity index (χ0n) is 15.0. The summed E-state index contributed by atoms with van der Waals surface area (Å²) < 4.78 is 28.7. The molecule has 0 bridgehead atoms. The van der Waals surface area contributed by atoms with Crippen LogP contribution in [0.2, 0.25) is 0 Å². The average Bonchev–Trinajstić information content (AvgIpc) is 2.61. The molecule has 4 N–H and O–H groups in total. The number of carbonyl (C=O) groups excluding carboxylic acids is 2. The summed E-state index contributed by atoms with van der Waals surface area (Å²) in [6, 6.07) is 12.7. The van der Waals surface area contributed by atoms with Crippen molar-refractivity contribution in [1.82, 2.24) is 5.32 Å². The zero-order valence-corrected chi connectivity index (χ0v) is 15.0. The Labute approximate surface area is 155 Å². The number of nitrogens with two attached hydrogens (primary N) is 1. The molecule has 0 aliphatic heterocycles. The first-order valence-corrected chi connectivity index (χ1v) is 8.18. The molecular weight excluding hydrogens is 356 g/mol. The molecule has 27 heavy (non-hydrogen) atoms. The Morgan fingerprint density at radius 1 is 1.11 bits per heavy atom. The van der Waals surface area contributed by atoms with Gasteiger partial charge in [0.1, 0.15) is 5.75 Å². The van der Waals surface area contributed by atoms with Gasteiger partial charge in [-0.25, -0.2) is 0 Å². The molecule has 0 aromatic heterocycles. The number of nitrogens with one attached hydrogen (secondary N) is 2. The summed E-state index contributed by atoms with van der Waals surface area (Å²) in [5.74, 6) is -0.847. The minimum Gasteiger partial charge on any atom is -0.435 e. The van der Waals surface area contributed by atoms with E-state index in [1.807, 2.05) is 0 Å². The molecule has 0 atom stereocenters. The quantitative estimate of drug-likeness (QED) is 0.658. The van der Waals surface area contributed by atoms with E-state index in [9.17, 15) is 18.4 Å². The maximum atomic E-state index is 12.5. The fourth-order valence-corrected chi connectivity index (χ4v) is 2.15. The monoisotopic (exact) mass is 377 g/mol. The number of ether oxygens (including phenoxy) is 1. The molecule has 0 heterocycles. The number of amides is 2. The van der Waals surface area contributed by atoms with Gasteiger partial charge in [-0.15, -0.1) is 0 Å². The first-order valence-electron chi connectivity index (χ1n) is 8.18. The van der Waals surface area contributed by atoms with E-state index in [1.165, 1.54) is 12.1 Å². The van der Waals surface area contributed by atoms with Gasteiger partial charge in [-0.05, 0) is 50.2 Å². The van der Waals surface area contributed by atoms with Crippen molar-refractivity contribution < 1.29 is 23.1 Å². The fraction of sp³-hybridized carbons (Fsp3) is 0.263. The van der Waals surface area contributed by atoms with Gasteiger partial charge < -0.3 is 21.1 Å². The van der Waals surface area contributed by atoms with Crippen LogP contribution in [0.1, 0.15) is 24.2 Å². The zero-order chi connectivity index (χ0) is 20.0. The summed E-state index contributed by atoms with van der Waals surface area (Å²) in [4.78, 5) is 23.9. The summed E-state index contributed by atoms with van der Waals surface area (Å²) in [6.07, 6.45) is 0. The van der Waals surface area contributed by atoms with Crippen LogP contribution in [0.25, 0.3) is 0 Å². The van der Waals surface area contributed by atoms with Crippen molar-refractivity contribution in [3.05, 3.63) is 54.1 Å². The van der Waals surface area contributed by atoms with Gasteiger partial charge in [-0.2, -0.15) is 8.78 Å². The number of hydrogen-bond acceptors (Lipinski definition) is 4. The third-order valence-electron chi connectivity index (χ3n) is 3.89. The molecule has 144 valence electrons. The third-order valence-corrected chi connectivity index (χ3v) is 3.89. The Morgan fingerprint density at radius 3 is 2.33 bits per heavy atom. The molecule has 2 amide bonds. The minimum absolute atomic E-state index is 0.0373. The molecule has 6 nitrogen and oxygen atoms in total. The smallest absolute Gasteiger partial charge is 0.387 e. The van der Waals surface area contributed by atoms with Gasteiger partial charge in [0.15, 0.2) is 0 Å². The number of primary amides is 1. The van der Waals surface area contributed by atoms with Gasteiger partial charge in [0.05, 0.1) is 16.7 Å². The number of halogens is 2. The Balaban J connectivity index is 2.11. The van der Waals surface area contributed by atoms with Crippen LogP contribution in [-0.4, -0.2) is 25.0 Å². The van der Waals surface area contributed by atoms with Gasteiger partial charge in [-0.1, -0.05) is 12.1 Å². The van der Waals surface area contributed by atoms with Crippen molar-refractivity contribution >= 4 is 23.2 Å². The number of rotatable bonds is 8. The highest BCUT2D eigenvalue weighted by molar-refractivity contribution is 6.00. The molecule has 0 radical (unpaired) electrons. The average molecular weight is 377 g/mol. The van der Waals surface area contributed by atoms with Crippen molar-refractivity contribution in [2.24, 2.45) is 11.1 Å². The molecule has 0 fully saturated rings. The molecule has 0 unspecified atom stereocenters. The largest absolute Gasteiger partial charge is 0.435 e. The number of alkyl halides is 2. The molecule has 2 aromatic carbocycles. The summed E-state index contributed by atoms with van der Waals surface area (Å²) in [5, 5.41) is 5.75. The highest BCUT2D eigenvalue weighted by Crippen LogP contribution is 2.24. The van der Waals surface area contributed by atoms with E-state index in [2.05, 4.69) is 15.4 Å². The minimum atomic E-state index is -2.89. The number of benzene rings is 2. The summed E-state index contributed by atoms with van der Waals surface area (Å²) in [6.45, 7) is 0.485. The summed E-state index contributed by atoms with van der Waals surface area (Å²) in [7, 11) is 0. The van der Waals surface area contributed by atoms with E-state index in [-0.39, 0.29) is 18.2 Å². The van der Waals surface area contributed by atoms with Gasteiger partial charge in [-0.3, -0.25) is 9.59 Å². The Morgan fingerprint density at radius 2 is 1.74 bits per heavy atom. The number of para-hydroxylation sites is 1. The summed E-state index contributed by atoms with van der Waals surface area (Å²) >= 11 is 0. The van der Waals surface area contributed by atoms with E-state index in [1.54, 1.807) is 50.2 Å². The Kier molecular flexibility index (Phi) is 6.33. The lowest BCUT2D eigenvalue weighted by Crippen LogP contribution is -2.42. The lowest BCUT2D eigenvalue weighted by molar-refractivity contribution is -0.125. The van der Waals surface area contributed by atoms with E-state index >= 15 is 0 Å². The fourth-order valence-electron chi connectivity index (χ4n) is 2.15. The molecule has 2 aromatic rings. The van der Waals surface area contributed by atoms with Crippen LogP contribution in [0, 0.1) is 5.41 Å². The van der Waals surface area contributed by atoms with Crippen LogP contribution >= 0.6 is 0 Å². The van der Waals surface area contributed by atoms with Crippen LogP contribution in [0.4, 0.5) is 20.2 Å². The molecule has 0 aliphatic rings. The Hall–Kier alpha value is -3.16. The normalized spacial score (nSPS) is 11.1. The van der Waals surface area contributed by atoms with E-state index in [0.29, 0.717) is 16.9 Å². The lowest BCUT2D eigenvalue weighted by atomic mass is 9.92. The van der Waals surface area contributed by atoms with Crippen LogP contribution in [0.5, 0.6) is 5.75 Å². The highest BCUT2D eigenvalue weighted by atomic mass is 19.3. The van der Waals surface area contributed by atoms with Crippen LogP contribution in [-0.2, 0) is 4.79 Å². The predicted molar refractivity (Wildman–Crippen MR) is 98.1 cm³/mol. The van der Waals surface area contributed by atoms with Gasteiger partial charge in [0, 0.05) is 12.2 Å². The van der Waals surface area contributed by atoms with Gasteiger partial charge in [0.25, 0.3) is 5.91 Å². The number of hydrogen-bond donors (Lipinski definition) is 3. The third kappa shape index (κ3) is 5.67. The molecule has 0 spiro atoms. The highest BCUT2D eigenvalue weighted by Gasteiger charge is 2.26. The second-order valence-corrected chi connectivity index (χ2v) is 6.50. The number of carbonyl (C=O) groups is 2. The van der Waals surface area contributed by atoms with Crippen molar-refractivity contribution in [2.45, 2.75) is 20.5 Å². The SMILES string of the molecule is CC(C)(CNC(=O)c1ccccc1Nc1ccc(OC(F)F)cc1)C(N)=O. The lowest BCUT2D eigenvalue weighted by Gasteiger charge is -2.21. The van der Waals surface area contributed by atoms with Gasteiger partial charge in [0.2, 0.25) is 5.91 Å². The topological polar surface area (TPSA) is 93.4 Å². The Bertz CT molecular complexity index is 808. The van der Waals surface area contributed by atoms with E-state index in [4.69, 9.17) is 5.73 Å². The number of anilines is 2. The maximum Gasteiger partial charge on any atom is 0.387 e. The van der Waals surface area contributed by atoms with Gasteiger partial charge >= 0.3 is 6.61 Å². The van der Waals surface area contributed by atoms with Crippen molar-refractivity contribution in [2.75, 3.05) is 11.9 Å². The first kappa shape index (κ1) is 20.2. The van der Waals surface area contributed by atoms with Crippen LogP contribution in [0.15, 0.2) is 48.5 Å². The molecule has 0 saturated heterocycles. The van der Waals surface area contributed by atoms with E-state index in [0.717, 1.165) is 0 Å². The molecule has 2 rings (SSSR count). The molecule has 0 saturated carbocycles.